The summed E-state index contributed by atoms with van der Waals surface area (Å²) < 4.78 is 5.62. The number of anilines is 1. The summed E-state index contributed by atoms with van der Waals surface area (Å²) in [4.78, 5) is 14.3. The van der Waals surface area contributed by atoms with Crippen molar-refractivity contribution < 1.29 is 4.74 Å². The first kappa shape index (κ1) is 16.4. The van der Waals surface area contributed by atoms with Gasteiger partial charge in [0.15, 0.2) is 5.65 Å². The smallest absolute Gasteiger partial charge is 0.160 e. The molecule has 2 aromatic carbocycles. The van der Waals surface area contributed by atoms with Crippen molar-refractivity contribution in [2.75, 3.05) is 12.4 Å². The lowest BCUT2D eigenvalue weighted by Gasteiger charge is -2.21. The number of hydrogen-bond acceptors (Lipinski definition) is 6. The van der Waals surface area contributed by atoms with Gasteiger partial charge in [-0.1, -0.05) is 41.6 Å². The molecule has 0 spiro atoms. The average molecular weight is 371 g/mol. The van der Waals surface area contributed by atoms with Crippen molar-refractivity contribution in [3.63, 3.8) is 0 Å². The van der Waals surface area contributed by atoms with Crippen molar-refractivity contribution in [1.29, 1.82) is 0 Å². The second kappa shape index (κ2) is 6.45. The fourth-order valence-electron chi connectivity index (χ4n) is 3.97. The van der Waals surface area contributed by atoms with E-state index in [1.165, 1.54) is 0 Å². The lowest BCUT2D eigenvalue weighted by atomic mass is 9.95. The van der Waals surface area contributed by atoms with Crippen LogP contribution in [0.1, 0.15) is 22.9 Å². The van der Waals surface area contributed by atoms with Crippen LogP contribution < -0.4 is 10.1 Å². The molecule has 0 bridgehead atoms. The molecule has 7 heteroatoms. The van der Waals surface area contributed by atoms with E-state index in [1.807, 2.05) is 54.7 Å². The molecule has 0 saturated carbocycles. The Hall–Kier alpha value is -3.74. The number of H-pyrrole nitrogens is 1. The van der Waals surface area contributed by atoms with Crippen molar-refractivity contribution in [1.82, 2.24) is 15.2 Å². The molecule has 0 radical (unpaired) electrons. The van der Waals surface area contributed by atoms with Crippen LogP contribution in [0.15, 0.2) is 59.9 Å². The summed E-state index contributed by atoms with van der Waals surface area (Å²) in [5, 5.41) is 16.2. The van der Waals surface area contributed by atoms with E-state index in [9.17, 15) is 4.91 Å². The largest absolute Gasteiger partial charge is 0.496 e. The molecular formula is C21H17N5O2. The number of nitrogens with zero attached hydrogens (tertiary/aromatic N) is 3. The third kappa shape index (κ3) is 2.36. The summed E-state index contributed by atoms with van der Waals surface area (Å²) in [7, 11) is 1.67. The predicted octanol–water partition coefficient (Wildman–Crippen LogP) is 4.41. The Morgan fingerprint density at radius 3 is 2.75 bits per heavy atom. The number of nitroso groups, excluding NO2 is 1. The molecule has 0 saturated heterocycles. The molecule has 1 unspecified atom stereocenters. The molecule has 4 aromatic rings. The number of fused-ring (bicyclic) bond motifs is 2. The van der Waals surface area contributed by atoms with Crippen LogP contribution >= 0.6 is 0 Å². The third-order valence-electron chi connectivity index (χ3n) is 5.17. The van der Waals surface area contributed by atoms with Gasteiger partial charge in [0.25, 0.3) is 0 Å². The number of para-hydroxylation sites is 2. The molecule has 2 aromatic heterocycles. The Bertz CT molecular complexity index is 1200. The maximum Gasteiger partial charge on any atom is 0.160 e. The number of benzene rings is 2. The Balaban J connectivity index is 1.87. The molecule has 138 valence electrons. The fourth-order valence-corrected chi connectivity index (χ4v) is 3.97. The third-order valence-corrected chi connectivity index (χ3v) is 5.17. The summed E-state index contributed by atoms with van der Waals surface area (Å²) in [5.74, 6) is 0.798. The number of methoxy groups -OCH3 is 1. The summed E-state index contributed by atoms with van der Waals surface area (Å²) in [6, 6.07) is 15.8. The van der Waals surface area contributed by atoms with E-state index in [-0.39, 0.29) is 12.6 Å². The first-order chi connectivity index (χ1) is 13.8. The van der Waals surface area contributed by atoms with Crippen LogP contribution in [0, 0.1) is 4.91 Å². The van der Waals surface area contributed by atoms with Crippen LogP contribution in [-0.4, -0.2) is 22.3 Å². The van der Waals surface area contributed by atoms with Crippen LogP contribution in [0.4, 0.5) is 5.69 Å². The maximum absolute atomic E-state index is 11.0. The minimum atomic E-state index is -0.159. The van der Waals surface area contributed by atoms with E-state index in [0.29, 0.717) is 11.3 Å². The van der Waals surface area contributed by atoms with Crippen LogP contribution in [0.25, 0.3) is 22.2 Å². The van der Waals surface area contributed by atoms with Crippen LogP contribution in [-0.2, 0) is 6.54 Å². The number of ether oxygens (including phenoxy) is 1. The Labute approximate surface area is 160 Å². The van der Waals surface area contributed by atoms with E-state index >= 15 is 0 Å². The van der Waals surface area contributed by atoms with Gasteiger partial charge in [-0.2, -0.15) is 10.0 Å². The zero-order valence-corrected chi connectivity index (χ0v) is 15.1. The van der Waals surface area contributed by atoms with Gasteiger partial charge in [0.05, 0.1) is 18.8 Å². The van der Waals surface area contributed by atoms with Crippen molar-refractivity contribution >= 4 is 16.7 Å². The van der Waals surface area contributed by atoms with Gasteiger partial charge in [-0.25, -0.2) is 0 Å². The van der Waals surface area contributed by atoms with E-state index in [2.05, 4.69) is 25.7 Å². The quantitative estimate of drug-likeness (QED) is 0.518. The van der Waals surface area contributed by atoms with E-state index < -0.39 is 0 Å². The van der Waals surface area contributed by atoms with Gasteiger partial charge in [-0.05, 0) is 12.1 Å². The van der Waals surface area contributed by atoms with Gasteiger partial charge in [0.1, 0.15) is 12.3 Å². The van der Waals surface area contributed by atoms with Gasteiger partial charge < -0.3 is 15.0 Å². The first-order valence-corrected chi connectivity index (χ1v) is 8.96. The van der Waals surface area contributed by atoms with Gasteiger partial charge in [0, 0.05) is 39.5 Å². The van der Waals surface area contributed by atoms with Crippen LogP contribution in [0.2, 0.25) is 0 Å². The van der Waals surface area contributed by atoms with Crippen LogP contribution in [0.5, 0.6) is 5.75 Å². The molecule has 3 heterocycles. The monoisotopic (exact) mass is 371 g/mol. The number of hydrogen-bond donors (Lipinski definition) is 2. The lowest BCUT2D eigenvalue weighted by molar-refractivity contribution is 0.409. The van der Waals surface area contributed by atoms with Gasteiger partial charge in [-0.15, -0.1) is 5.10 Å². The highest BCUT2D eigenvalue weighted by Gasteiger charge is 2.29. The number of rotatable bonds is 4. The normalized spacial score (nSPS) is 14.8. The maximum atomic E-state index is 11.0. The molecular weight excluding hydrogens is 354 g/mol. The molecule has 0 amide bonds. The molecule has 1 atom stereocenters. The minimum Gasteiger partial charge on any atom is -0.496 e. The van der Waals surface area contributed by atoms with Crippen molar-refractivity contribution in [2.45, 2.75) is 12.6 Å². The molecule has 1 aliphatic heterocycles. The number of aromatic nitrogens is 3. The second-order valence-electron chi connectivity index (χ2n) is 6.64. The number of nitrogens with one attached hydrogen (secondary N) is 2. The highest BCUT2D eigenvalue weighted by molar-refractivity contribution is 6.02. The highest BCUT2D eigenvalue weighted by atomic mass is 16.5. The fraction of sp³-hybridized carbons (Fsp3) is 0.143. The number of aromatic amines is 1. The van der Waals surface area contributed by atoms with Gasteiger partial charge in [0.2, 0.25) is 0 Å². The van der Waals surface area contributed by atoms with E-state index in [1.54, 1.807) is 7.11 Å². The zero-order chi connectivity index (χ0) is 19.1. The first-order valence-electron chi connectivity index (χ1n) is 8.96. The van der Waals surface area contributed by atoms with Crippen LogP contribution in [0.3, 0.4) is 0 Å². The topological polar surface area (TPSA) is 92.3 Å². The van der Waals surface area contributed by atoms with E-state index in [4.69, 9.17) is 4.74 Å². The Morgan fingerprint density at radius 2 is 1.89 bits per heavy atom. The van der Waals surface area contributed by atoms with Crippen molar-refractivity contribution in [3.8, 4) is 16.9 Å². The average Bonchev–Trinajstić information content (AvgIpc) is 3.10. The molecule has 7 nitrogen and oxygen atoms in total. The molecule has 0 fully saturated rings. The Kier molecular flexibility index (Phi) is 3.79. The molecule has 28 heavy (non-hydrogen) atoms. The molecule has 2 N–H and O–H groups in total. The summed E-state index contributed by atoms with van der Waals surface area (Å²) in [5.41, 5.74) is 6.10. The highest BCUT2D eigenvalue weighted by Crippen LogP contribution is 2.45. The van der Waals surface area contributed by atoms with Gasteiger partial charge >= 0.3 is 0 Å². The summed E-state index contributed by atoms with van der Waals surface area (Å²) in [6.45, 7) is -0.0312. The standard InChI is InChI=1S/C21H17N5O2/c1-28-17-9-5-3-7-13(17)20-14-10-22-21-19(14)18(16(11-23-27)25-26-21)12-6-2-4-8-15(12)24-20/h2-10,20,24H,11H2,1H3,(H,22,26). The Morgan fingerprint density at radius 1 is 1.07 bits per heavy atom. The minimum absolute atomic E-state index is 0.0312. The summed E-state index contributed by atoms with van der Waals surface area (Å²) in [6.07, 6.45) is 1.94. The molecule has 1 aliphatic rings. The second-order valence-corrected chi connectivity index (χ2v) is 6.64. The molecule has 0 aliphatic carbocycles. The summed E-state index contributed by atoms with van der Waals surface area (Å²) >= 11 is 0. The predicted molar refractivity (Wildman–Crippen MR) is 107 cm³/mol. The van der Waals surface area contributed by atoms with Crippen molar-refractivity contribution in [3.05, 3.63) is 76.5 Å². The molecule has 5 rings (SSSR count). The lowest BCUT2D eigenvalue weighted by Crippen LogP contribution is -2.12. The van der Waals surface area contributed by atoms with E-state index in [0.717, 1.165) is 39.1 Å². The SMILES string of the molecule is COc1ccccc1C1Nc2ccccc2-c2c(CN=O)nnc3[nH]cc1c23. The van der Waals surface area contributed by atoms with Gasteiger partial charge in [-0.3, -0.25) is 0 Å². The zero-order valence-electron chi connectivity index (χ0n) is 15.1. The van der Waals surface area contributed by atoms with Crippen molar-refractivity contribution in [2.24, 2.45) is 5.18 Å².